The van der Waals surface area contributed by atoms with Crippen molar-refractivity contribution in [3.8, 4) is 0 Å². The number of hydrogen-bond donors (Lipinski definition) is 0. The number of rotatable bonds is 6. The number of hydrogen-bond acceptors (Lipinski definition) is 1. The predicted octanol–water partition coefficient (Wildman–Crippen LogP) is 2.36. The summed E-state index contributed by atoms with van der Waals surface area (Å²) in [7, 11) is 0. The Labute approximate surface area is 65.2 Å². The molecule has 54 valence electrons. The largest absolute Gasteiger partial charge is 0.381 e. The van der Waals surface area contributed by atoms with E-state index >= 15 is 0 Å². The van der Waals surface area contributed by atoms with Crippen LogP contribution in [0.5, 0.6) is 0 Å². The molecule has 0 saturated heterocycles. The molecule has 0 aliphatic heterocycles. The van der Waals surface area contributed by atoms with Crippen molar-refractivity contribution in [1.29, 1.82) is 0 Å². The summed E-state index contributed by atoms with van der Waals surface area (Å²) in [6, 6.07) is 0. The summed E-state index contributed by atoms with van der Waals surface area (Å²) >= 11 is 3.32. The fourth-order valence-electron chi connectivity index (χ4n) is 0.425. The van der Waals surface area contributed by atoms with E-state index in [4.69, 9.17) is 4.74 Å². The van der Waals surface area contributed by atoms with E-state index in [0.29, 0.717) is 0 Å². The van der Waals surface area contributed by atoms with Crippen LogP contribution in [0, 0.1) is 0 Å². The molecule has 0 aromatic carbocycles. The third kappa shape index (κ3) is 8.18. The predicted molar refractivity (Wildman–Crippen MR) is 44.0 cm³/mol. The smallest absolute Gasteiger partial charge is 0.0500 e. The fraction of sp³-hybridized carbons (Fsp3) is 0.714. The minimum Gasteiger partial charge on any atom is -0.381 e. The zero-order valence-corrected chi connectivity index (χ0v) is 7.19. The van der Waals surface area contributed by atoms with Gasteiger partial charge >= 0.3 is 0 Å². The Hall–Kier alpha value is 0.180. The van der Waals surface area contributed by atoms with Gasteiger partial charge in [0.05, 0.1) is 0 Å². The monoisotopic (exact) mass is 192 g/mol. The standard InChI is InChI=1S/C7H13BrO/c1-2-3-6-9-7-4-5-8/h2H,1,3-7H2. The van der Waals surface area contributed by atoms with E-state index in [2.05, 4.69) is 22.5 Å². The third-order valence-electron chi connectivity index (χ3n) is 0.889. The molecule has 0 aromatic rings. The van der Waals surface area contributed by atoms with Crippen LogP contribution in [0.15, 0.2) is 12.7 Å². The van der Waals surface area contributed by atoms with Crippen molar-refractivity contribution >= 4 is 15.9 Å². The molecular weight excluding hydrogens is 180 g/mol. The van der Waals surface area contributed by atoms with Gasteiger partial charge in [0.15, 0.2) is 0 Å². The lowest BCUT2D eigenvalue weighted by Gasteiger charge is -1.97. The number of halogens is 1. The summed E-state index contributed by atoms with van der Waals surface area (Å²) in [6.45, 7) is 5.27. The van der Waals surface area contributed by atoms with Gasteiger partial charge in [0.2, 0.25) is 0 Å². The van der Waals surface area contributed by atoms with Crippen LogP contribution in [0.2, 0.25) is 0 Å². The molecule has 0 rings (SSSR count). The van der Waals surface area contributed by atoms with Gasteiger partial charge in [0, 0.05) is 18.5 Å². The molecule has 0 spiro atoms. The maximum atomic E-state index is 5.21. The summed E-state index contributed by atoms with van der Waals surface area (Å²) in [4.78, 5) is 0. The minimum absolute atomic E-state index is 0.816. The highest BCUT2D eigenvalue weighted by molar-refractivity contribution is 9.09. The molecule has 0 N–H and O–H groups in total. The van der Waals surface area contributed by atoms with Gasteiger partial charge in [-0.1, -0.05) is 22.0 Å². The summed E-state index contributed by atoms with van der Waals surface area (Å²) in [5.41, 5.74) is 0. The first kappa shape index (κ1) is 9.18. The zero-order valence-electron chi connectivity index (χ0n) is 5.61. The Bertz CT molecular complexity index is 63.9. The van der Waals surface area contributed by atoms with E-state index in [-0.39, 0.29) is 0 Å². The van der Waals surface area contributed by atoms with Gasteiger partial charge in [-0.3, -0.25) is 0 Å². The molecule has 0 unspecified atom stereocenters. The Balaban J connectivity index is 2.66. The van der Waals surface area contributed by atoms with Gasteiger partial charge in [-0.25, -0.2) is 0 Å². The van der Waals surface area contributed by atoms with E-state index < -0.39 is 0 Å². The molecule has 0 fully saturated rings. The van der Waals surface area contributed by atoms with Crippen LogP contribution in [0.4, 0.5) is 0 Å². The first-order valence-corrected chi connectivity index (χ1v) is 4.28. The van der Waals surface area contributed by atoms with Crippen LogP contribution in [-0.2, 0) is 4.74 Å². The summed E-state index contributed by atoms with van der Waals surface area (Å²) < 4.78 is 5.21. The topological polar surface area (TPSA) is 9.23 Å². The van der Waals surface area contributed by atoms with Crippen LogP contribution in [0.3, 0.4) is 0 Å². The maximum absolute atomic E-state index is 5.21. The van der Waals surface area contributed by atoms with Gasteiger partial charge in [0.25, 0.3) is 0 Å². The Morgan fingerprint density at radius 1 is 1.44 bits per heavy atom. The fourth-order valence-corrected chi connectivity index (χ4v) is 0.654. The van der Waals surface area contributed by atoms with E-state index in [0.717, 1.165) is 31.4 Å². The van der Waals surface area contributed by atoms with E-state index in [1.54, 1.807) is 0 Å². The molecule has 9 heavy (non-hydrogen) atoms. The van der Waals surface area contributed by atoms with E-state index in [1.807, 2.05) is 6.08 Å². The molecule has 0 aliphatic rings. The average Bonchev–Trinajstić information content (AvgIpc) is 1.89. The van der Waals surface area contributed by atoms with Gasteiger partial charge in [-0.2, -0.15) is 0 Å². The summed E-state index contributed by atoms with van der Waals surface area (Å²) in [5.74, 6) is 0. The number of alkyl halides is 1. The molecule has 0 radical (unpaired) electrons. The quantitative estimate of drug-likeness (QED) is 0.357. The Morgan fingerprint density at radius 3 is 2.78 bits per heavy atom. The second-order valence-corrected chi connectivity index (χ2v) is 2.53. The molecule has 0 heterocycles. The van der Waals surface area contributed by atoms with Gasteiger partial charge in [-0.05, 0) is 12.8 Å². The first-order valence-electron chi connectivity index (χ1n) is 3.16. The Kier molecular flexibility index (Phi) is 8.34. The van der Waals surface area contributed by atoms with Crippen LogP contribution in [0.1, 0.15) is 12.8 Å². The normalized spacial score (nSPS) is 9.44. The molecular formula is C7H13BrO. The van der Waals surface area contributed by atoms with Gasteiger partial charge < -0.3 is 4.74 Å². The highest BCUT2D eigenvalue weighted by Crippen LogP contribution is 1.89. The lowest BCUT2D eigenvalue weighted by Crippen LogP contribution is -1.95. The molecule has 0 amide bonds. The lowest BCUT2D eigenvalue weighted by molar-refractivity contribution is 0.140. The molecule has 0 bridgehead atoms. The second-order valence-electron chi connectivity index (χ2n) is 1.73. The first-order chi connectivity index (χ1) is 4.41. The van der Waals surface area contributed by atoms with Crippen LogP contribution >= 0.6 is 15.9 Å². The molecule has 1 nitrogen and oxygen atoms in total. The van der Waals surface area contributed by atoms with Crippen molar-refractivity contribution in [1.82, 2.24) is 0 Å². The third-order valence-corrected chi connectivity index (χ3v) is 1.45. The van der Waals surface area contributed by atoms with Crippen molar-refractivity contribution in [2.45, 2.75) is 12.8 Å². The maximum Gasteiger partial charge on any atom is 0.0500 e. The van der Waals surface area contributed by atoms with Crippen LogP contribution in [-0.4, -0.2) is 18.5 Å². The van der Waals surface area contributed by atoms with Gasteiger partial charge in [0.1, 0.15) is 0 Å². The van der Waals surface area contributed by atoms with Crippen molar-refractivity contribution < 1.29 is 4.74 Å². The zero-order chi connectivity index (χ0) is 6.95. The molecule has 0 atom stereocenters. The molecule has 2 heteroatoms. The van der Waals surface area contributed by atoms with Crippen molar-refractivity contribution in [3.05, 3.63) is 12.7 Å². The Morgan fingerprint density at radius 2 is 2.22 bits per heavy atom. The summed E-state index contributed by atoms with van der Waals surface area (Å²) in [5, 5.41) is 1.03. The highest BCUT2D eigenvalue weighted by Gasteiger charge is 1.83. The van der Waals surface area contributed by atoms with E-state index in [9.17, 15) is 0 Å². The molecule has 0 aromatic heterocycles. The summed E-state index contributed by atoms with van der Waals surface area (Å²) in [6.07, 6.45) is 3.92. The van der Waals surface area contributed by atoms with Crippen molar-refractivity contribution in [2.24, 2.45) is 0 Å². The van der Waals surface area contributed by atoms with Crippen LogP contribution < -0.4 is 0 Å². The van der Waals surface area contributed by atoms with Crippen LogP contribution in [0.25, 0.3) is 0 Å². The van der Waals surface area contributed by atoms with Crippen molar-refractivity contribution in [3.63, 3.8) is 0 Å². The molecule has 0 aliphatic carbocycles. The highest BCUT2D eigenvalue weighted by atomic mass is 79.9. The van der Waals surface area contributed by atoms with E-state index in [1.165, 1.54) is 0 Å². The van der Waals surface area contributed by atoms with Crippen molar-refractivity contribution in [2.75, 3.05) is 18.5 Å². The lowest BCUT2D eigenvalue weighted by atomic mass is 10.4. The SMILES string of the molecule is C=CCCOCCCBr. The second kappa shape index (κ2) is 8.18. The average molecular weight is 193 g/mol. The minimum atomic E-state index is 0.816. The number of ether oxygens (including phenoxy) is 1. The van der Waals surface area contributed by atoms with Gasteiger partial charge in [-0.15, -0.1) is 6.58 Å². The molecule has 0 saturated carbocycles.